The van der Waals surface area contributed by atoms with Crippen LogP contribution in [0.15, 0.2) is 0 Å². The van der Waals surface area contributed by atoms with E-state index in [4.69, 9.17) is 5.11 Å². The van der Waals surface area contributed by atoms with Crippen molar-refractivity contribution in [3.63, 3.8) is 0 Å². The van der Waals surface area contributed by atoms with Crippen molar-refractivity contribution in [1.29, 1.82) is 0 Å². The Morgan fingerprint density at radius 2 is 1.88 bits per heavy atom. The fourth-order valence-electron chi connectivity index (χ4n) is 2.07. The first-order valence-electron chi connectivity index (χ1n) is 6.14. The first kappa shape index (κ1) is 14.4. The van der Waals surface area contributed by atoms with Crippen molar-refractivity contribution in [2.24, 2.45) is 11.8 Å². The van der Waals surface area contributed by atoms with Crippen LogP contribution in [0.1, 0.15) is 32.6 Å². The van der Waals surface area contributed by atoms with Crippen LogP contribution in [0, 0.1) is 11.8 Å². The third kappa shape index (κ3) is 6.56. The van der Waals surface area contributed by atoms with E-state index >= 15 is 0 Å². The molecule has 0 radical (unpaired) electrons. The second-order valence-electron chi connectivity index (χ2n) is 4.82. The average molecular weight is 259 g/mol. The predicted octanol–water partition coefficient (Wildman–Crippen LogP) is 1.75. The van der Waals surface area contributed by atoms with Gasteiger partial charge in [-0.1, -0.05) is 19.8 Å². The van der Waals surface area contributed by atoms with Crippen molar-refractivity contribution in [2.45, 2.75) is 32.6 Å². The maximum Gasteiger partial charge on any atom is 0.313 e. The number of hydrogen-bond acceptors (Lipinski definition) is 3. The van der Waals surface area contributed by atoms with Gasteiger partial charge in [0.25, 0.3) is 0 Å². The molecular formula is C12H21NO3S. The van der Waals surface area contributed by atoms with E-state index in [1.54, 1.807) is 0 Å². The summed E-state index contributed by atoms with van der Waals surface area (Å²) in [5.41, 5.74) is 0. The summed E-state index contributed by atoms with van der Waals surface area (Å²) in [7, 11) is 0. The van der Waals surface area contributed by atoms with Gasteiger partial charge >= 0.3 is 5.97 Å². The van der Waals surface area contributed by atoms with Gasteiger partial charge in [0.15, 0.2) is 0 Å². The third-order valence-electron chi connectivity index (χ3n) is 3.18. The van der Waals surface area contributed by atoms with Crippen LogP contribution in [-0.2, 0) is 9.59 Å². The Bertz CT molecular complexity index is 262. The van der Waals surface area contributed by atoms with Crippen LogP contribution in [-0.4, -0.2) is 35.0 Å². The number of carboxylic acids is 1. The molecule has 1 saturated carbocycles. The summed E-state index contributed by atoms with van der Waals surface area (Å²) in [6.07, 6.45) is 4.91. The molecule has 4 nitrogen and oxygen atoms in total. The molecule has 0 spiro atoms. The molecule has 0 aromatic carbocycles. The summed E-state index contributed by atoms with van der Waals surface area (Å²) in [6.45, 7) is 3.02. The van der Waals surface area contributed by atoms with E-state index in [2.05, 4.69) is 12.2 Å². The number of thioether (sulfide) groups is 1. The quantitative estimate of drug-likeness (QED) is 0.762. The molecule has 0 unspecified atom stereocenters. The zero-order valence-corrected chi connectivity index (χ0v) is 11.1. The van der Waals surface area contributed by atoms with E-state index in [1.807, 2.05) is 0 Å². The Labute approximate surface area is 107 Å². The van der Waals surface area contributed by atoms with Crippen molar-refractivity contribution in [2.75, 3.05) is 18.1 Å². The second-order valence-corrected chi connectivity index (χ2v) is 5.80. The minimum Gasteiger partial charge on any atom is -0.481 e. The molecule has 98 valence electrons. The van der Waals surface area contributed by atoms with Gasteiger partial charge in [0.1, 0.15) is 0 Å². The monoisotopic (exact) mass is 259 g/mol. The number of amides is 1. The van der Waals surface area contributed by atoms with Crippen LogP contribution in [0.3, 0.4) is 0 Å². The van der Waals surface area contributed by atoms with E-state index in [1.165, 1.54) is 25.7 Å². The average Bonchev–Trinajstić information content (AvgIpc) is 2.28. The predicted molar refractivity (Wildman–Crippen MR) is 69.1 cm³/mol. The number of carboxylic acid groups (broad SMARTS) is 1. The smallest absolute Gasteiger partial charge is 0.313 e. The van der Waals surface area contributed by atoms with Gasteiger partial charge in [-0.3, -0.25) is 9.59 Å². The van der Waals surface area contributed by atoms with Crippen molar-refractivity contribution in [3.05, 3.63) is 0 Å². The van der Waals surface area contributed by atoms with Crippen molar-refractivity contribution < 1.29 is 14.7 Å². The molecule has 2 N–H and O–H groups in total. The van der Waals surface area contributed by atoms with Crippen molar-refractivity contribution in [3.8, 4) is 0 Å². The number of carbonyl (C=O) groups excluding carboxylic acids is 1. The fraction of sp³-hybridized carbons (Fsp3) is 0.833. The summed E-state index contributed by atoms with van der Waals surface area (Å²) < 4.78 is 0. The topological polar surface area (TPSA) is 66.4 Å². The number of nitrogens with one attached hydrogen (secondary N) is 1. The SMILES string of the molecule is CC1CCC(CNC(=O)CSCC(=O)O)CC1. The zero-order chi connectivity index (χ0) is 12.7. The Morgan fingerprint density at radius 1 is 1.24 bits per heavy atom. The van der Waals surface area contributed by atoms with E-state index in [-0.39, 0.29) is 17.4 Å². The van der Waals surface area contributed by atoms with Crippen LogP contribution < -0.4 is 5.32 Å². The van der Waals surface area contributed by atoms with Crippen molar-refractivity contribution in [1.82, 2.24) is 5.32 Å². The lowest BCUT2D eigenvalue weighted by Gasteiger charge is -2.26. The maximum atomic E-state index is 11.4. The lowest BCUT2D eigenvalue weighted by Crippen LogP contribution is -2.32. The van der Waals surface area contributed by atoms with Gasteiger partial charge < -0.3 is 10.4 Å². The summed E-state index contributed by atoms with van der Waals surface area (Å²) in [5.74, 6) is 0.760. The Morgan fingerprint density at radius 3 is 2.47 bits per heavy atom. The molecule has 0 aliphatic heterocycles. The highest BCUT2D eigenvalue weighted by atomic mass is 32.2. The Kier molecular flexibility index (Phi) is 6.40. The number of carbonyl (C=O) groups is 2. The molecule has 0 aromatic rings. The van der Waals surface area contributed by atoms with Gasteiger partial charge in [-0.05, 0) is 24.7 Å². The minimum absolute atomic E-state index is 0.00559. The molecule has 1 rings (SSSR count). The standard InChI is InChI=1S/C12H21NO3S/c1-9-2-4-10(5-3-9)6-13-11(14)7-17-8-12(15)16/h9-10H,2-8H2,1H3,(H,13,14)(H,15,16). The second kappa shape index (κ2) is 7.58. The van der Waals surface area contributed by atoms with Gasteiger partial charge in [0.05, 0.1) is 11.5 Å². The fourth-order valence-corrected chi connectivity index (χ4v) is 2.64. The summed E-state index contributed by atoms with van der Waals surface area (Å²) in [5, 5.41) is 11.3. The number of hydrogen-bond donors (Lipinski definition) is 2. The Balaban J connectivity index is 2.05. The van der Waals surface area contributed by atoms with Crippen molar-refractivity contribution >= 4 is 23.6 Å². The highest BCUT2D eigenvalue weighted by Crippen LogP contribution is 2.27. The van der Waals surface area contributed by atoms with E-state index in [0.717, 1.165) is 24.2 Å². The molecule has 0 saturated heterocycles. The summed E-state index contributed by atoms with van der Waals surface area (Å²) in [4.78, 5) is 21.7. The highest BCUT2D eigenvalue weighted by molar-refractivity contribution is 8.00. The summed E-state index contributed by atoms with van der Waals surface area (Å²) >= 11 is 1.14. The van der Waals surface area contributed by atoms with Crippen LogP contribution >= 0.6 is 11.8 Å². The highest BCUT2D eigenvalue weighted by Gasteiger charge is 2.18. The minimum atomic E-state index is -0.871. The van der Waals surface area contributed by atoms with Gasteiger partial charge in [0, 0.05) is 6.54 Å². The zero-order valence-electron chi connectivity index (χ0n) is 10.3. The molecular weight excluding hydrogens is 238 g/mol. The Hall–Kier alpha value is -0.710. The molecule has 0 aromatic heterocycles. The van der Waals surface area contributed by atoms with Gasteiger partial charge in [-0.15, -0.1) is 11.8 Å². The van der Waals surface area contributed by atoms with Crippen LogP contribution in [0.4, 0.5) is 0 Å². The molecule has 0 heterocycles. The first-order valence-corrected chi connectivity index (χ1v) is 7.29. The molecule has 0 bridgehead atoms. The van der Waals surface area contributed by atoms with Crippen LogP contribution in [0.25, 0.3) is 0 Å². The largest absolute Gasteiger partial charge is 0.481 e. The van der Waals surface area contributed by atoms with E-state index < -0.39 is 5.97 Å². The molecule has 1 aliphatic carbocycles. The van der Waals surface area contributed by atoms with Crippen LogP contribution in [0.2, 0.25) is 0 Å². The molecule has 1 amide bonds. The lowest BCUT2D eigenvalue weighted by molar-refractivity contribution is -0.133. The van der Waals surface area contributed by atoms with E-state index in [0.29, 0.717) is 5.92 Å². The summed E-state index contributed by atoms with van der Waals surface area (Å²) in [6, 6.07) is 0. The molecule has 5 heteroatoms. The van der Waals surface area contributed by atoms with Gasteiger partial charge in [-0.25, -0.2) is 0 Å². The first-order chi connectivity index (χ1) is 8.08. The lowest BCUT2D eigenvalue weighted by atomic mass is 9.83. The van der Waals surface area contributed by atoms with Gasteiger partial charge in [-0.2, -0.15) is 0 Å². The third-order valence-corrected chi connectivity index (χ3v) is 4.10. The normalized spacial score (nSPS) is 24.3. The van der Waals surface area contributed by atoms with Gasteiger partial charge in [0.2, 0.25) is 5.91 Å². The molecule has 1 fully saturated rings. The molecule has 0 atom stereocenters. The molecule has 1 aliphatic rings. The van der Waals surface area contributed by atoms with E-state index in [9.17, 15) is 9.59 Å². The maximum absolute atomic E-state index is 11.4. The molecule has 17 heavy (non-hydrogen) atoms. The van der Waals surface area contributed by atoms with Crippen LogP contribution in [0.5, 0.6) is 0 Å². The number of rotatable bonds is 6. The number of aliphatic carboxylic acids is 1.